The summed E-state index contributed by atoms with van der Waals surface area (Å²) in [5.41, 5.74) is 0. The highest BCUT2D eigenvalue weighted by molar-refractivity contribution is 6.00. The van der Waals surface area contributed by atoms with E-state index in [-0.39, 0.29) is 11.9 Å². The number of carbonyl (C=O) groups excluding carboxylic acids is 2. The van der Waals surface area contributed by atoms with Crippen LogP contribution in [0.5, 0.6) is 0 Å². The van der Waals surface area contributed by atoms with Gasteiger partial charge in [-0.05, 0) is 14.1 Å². The molecule has 6 heteroatoms. The second-order valence-corrected chi connectivity index (χ2v) is 4.20. The smallest absolute Gasteiger partial charge is 0.322 e. The summed E-state index contributed by atoms with van der Waals surface area (Å²) in [5.74, 6) is -0.365. The summed E-state index contributed by atoms with van der Waals surface area (Å²) in [6.07, 6.45) is 3.11. The average Bonchev–Trinajstić information content (AvgIpc) is 2.29. The first-order valence-electron chi connectivity index (χ1n) is 5.71. The van der Waals surface area contributed by atoms with E-state index in [0.717, 1.165) is 13.1 Å². The molecule has 0 saturated carbocycles. The van der Waals surface area contributed by atoms with E-state index in [2.05, 4.69) is 10.6 Å². The van der Waals surface area contributed by atoms with Crippen LogP contribution in [0.15, 0.2) is 12.2 Å². The van der Waals surface area contributed by atoms with Gasteiger partial charge in [0.15, 0.2) is 0 Å². The molecule has 0 aromatic carbocycles. The van der Waals surface area contributed by atoms with Gasteiger partial charge in [0.25, 0.3) is 5.91 Å². The molecule has 0 aromatic rings. The van der Waals surface area contributed by atoms with Gasteiger partial charge in [-0.2, -0.15) is 0 Å². The van der Waals surface area contributed by atoms with Crippen LogP contribution in [-0.2, 0) is 4.79 Å². The minimum atomic E-state index is -0.365. The lowest BCUT2D eigenvalue weighted by Gasteiger charge is -2.26. The fourth-order valence-corrected chi connectivity index (χ4v) is 1.46. The minimum absolute atomic E-state index is 0.314. The minimum Gasteiger partial charge on any atom is -0.322 e. The summed E-state index contributed by atoms with van der Waals surface area (Å²) in [6, 6.07) is -0.314. The number of carbonyl (C=O) groups is 2. The molecular formula is C11H20N4O2. The zero-order valence-electron chi connectivity index (χ0n) is 10.4. The standard InChI is InChI=1S/C11H20N4O2/c1-14(2)7-3-4-10(16)13-11(17)15-8-5-12-6-9-15/h3-4,12H,5-9H2,1-2H3,(H,13,16,17). The first kappa shape index (κ1) is 13.7. The van der Waals surface area contributed by atoms with Crippen molar-refractivity contribution in [1.82, 2.24) is 20.4 Å². The van der Waals surface area contributed by atoms with Crippen molar-refractivity contribution in [3.8, 4) is 0 Å². The normalized spacial score (nSPS) is 16.5. The highest BCUT2D eigenvalue weighted by atomic mass is 16.2. The molecule has 1 saturated heterocycles. The Kier molecular flexibility index (Phi) is 5.65. The van der Waals surface area contributed by atoms with Crippen molar-refractivity contribution in [1.29, 1.82) is 0 Å². The third kappa shape index (κ3) is 5.46. The van der Waals surface area contributed by atoms with Crippen LogP contribution >= 0.6 is 0 Å². The van der Waals surface area contributed by atoms with Crippen LogP contribution in [0.1, 0.15) is 0 Å². The molecule has 0 radical (unpaired) electrons. The average molecular weight is 240 g/mol. The van der Waals surface area contributed by atoms with Crippen molar-refractivity contribution in [3.63, 3.8) is 0 Å². The summed E-state index contributed by atoms with van der Waals surface area (Å²) in [5, 5.41) is 5.48. The van der Waals surface area contributed by atoms with Gasteiger partial charge in [0.1, 0.15) is 0 Å². The molecule has 1 fully saturated rings. The summed E-state index contributed by atoms with van der Waals surface area (Å²) >= 11 is 0. The van der Waals surface area contributed by atoms with Gasteiger partial charge < -0.3 is 15.1 Å². The molecule has 17 heavy (non-hydrogen) atoms. The van der Waals surface area contributed by atoms with Crippen LogP contribution in [0.2, 0.25) is 0 Å². The van der Waals surface area contributed by atoms with Crippen LogP contribution in [0, 0.1) is 0 Å². The number of nitrogens with zero attached hydrogens (tertiary/aromatic N) is 2. The summed E-state index contributed by atoms with van der Waals surface area (Å²) in [7, 11) is 3.82. The predicted octanol–water partition coefficient (Wildman–Crippen LogP) is -0.754. The lowest BCUT2D eigenvalue weighted by atomic mass is 10.4. The molecule has 0 atom stereocenters. The van der Waals surface area contributed by atoms with Gasteiger partial charge in [-0.15, -0.1) is 0 Å². The molecule has 2 N–H and O–H groups in total. The van der Waals surface area contributed by atoms with Crippen molar-refractivity contribution in [2.75, 3.05) is 46.8 Å². The Labute approximate surface area is 102 Å². The second-order valence-electron chi connectivity index (χ2n) is 4.20. The van der Waals surface area contributed by atoms with E-state index in [9.17, 15) is 9.59 Å². The number of hydrogen-bond acceptors (Lipinski definition) is 4. The molecule has 1 aliphatic heterocycles. The van der Waals surface area contributed by atoms with E-state index in [0.29, 0.717) is 19.6 Å². The highest BCUT2D eigenvalue weighted by Gasteiger charge is 2.16. The Hall–Kier alpha value is -1.40. The lowest BCUT2D eigenvalue weighted by molar-refractivity contribution is -0.115. The topological polar surface area (TPSA) is 64.7 Å². The Morgan fingerprint density at radius 2 is 2.00 bits per heavy atom. The quantitative estimate of drug-likeness (QED) is 0.637. The first-order valence-corrected chi connectivity index (χ1v) is 5.71. The number of imide groups is 1. The van der Waals surface area contributed by atoms with E-state index in [1.165, 1.54) is 6.08 Å². The highest BCUT2D eigenvalue weighted by Crippen LogP contribution is 1.92. The van der Waals surface area contributed by atoms with E-state index >= 15 is 0 Å². The van der Waals surface area contributed by atoms with Crippen molar-refractivity contribution in [2.24, 2.45) is 0 Å². The maximum atomic E-state index is 11.6. The lowest BCUT2D eigenvalue weighted by Crippen LogP contribution is -2.51. The van der Waals surface area contributed by atoms with Gasteiger partial charge in [-0.3, -0.25) is 10.1 Å². The molecule has 1 heterocycles. The number of rotatable bonds is 3. The van der Waals surface area contributed by atoms with Crippen molar-refractivity contribution in [2.45, 2.75) is 0 Å². The third-order valence-electron chi connectivity index (χ3n) is 2.37. The van der Waals surface area contributed by atoms with Gasteiger partial charge in [-0.25, -0.2) is 4.79 Å². The van der Waals surface area contributed by atoms with Crippen LogP contribution in [-0.4, -0.2) is 68.6 Å². The van der Waals surface area contributed by atoms with Crippen LogP contribution in [0.25, 0.3) is 0 Å². The number of likely N-dealkylation sites (N-methyl/N-ethyl adjacent to an activating group) is 1. The van der Waals surface area contributed by atoms with E-state index in [1.54, 1.807) is 11.0 Å². The molecule has 3 amide bonds. The van der Waals surface area contributed by atoms with Crippen LogP contribution in [0.4, 0.5) is 4.79 Å². The van der Waals surface area contributed by atoms with Crippen molar-refractivity contribution >= 4 is 11.9 Å². The molecule has 1 rings (SSSR count). The monoisotopic (exact) mass is 240 g/mol. The molecule has 1 aliphatic rings. The number of urea groups is 1. The summed E-state index contributed by atoms with van der Waals surface area (Å²) in [6.45, 7) is 3.51. The molecule has 0 aliphatic carbocycles. The predicted molar refractivity (Wildman–Crippen MR) is 65.7 cm³/mol. The maximum absolute atomic E-state index is 11.6. The van der Waals surface area contributed by atoms with Crippen molar-refractivity contribution in [3.05, 3.63) is 12.2 Å². The molecule has 0 aromatic heterocycles. The first-order chi connectivity index (χ1) is 8.09. The Morgan fingerprint density at radius 1 is 1.35 bits per heavy atom. The maximum Gasteiger partial charge on any atom is 0.324 e. The Bertz CT molecular complexity index is 296. The molecule has 6 nitrogen and oxygen atoms in total. The fourth-order valence-electron chi connectivity index (χ4n) is 1.46. The zero-order valence-corrected chi connectivity index (χ0v) is 10.4. The van der Waals surface area contributed by atoms with E-state index in [1.807, 2.05) is 19.0 Å². The van der Waals surface area contributed by atoms with Gasteiger partial charge >= 0.3 is 6.03 Å². The molecule has 0 unspecified atom stereocenters. The zero-order chi connectivity index (χ0) is 12.7. The second kappa shape index (κ2) is 7.03. The van der Waals surface area contributed by atoms with Crippen LogP contribution < -0.4 is 10.6 Å². The number of amides is 3. The SMILES string of the molecule is CN(C)CC=CC(=O)NC(=O)N1CCNCC1. The van der Waals surface area contributed by atoms with Gasteiger partial charge in [0.2, 0.25) is 0 Å². The van der Waals surface area contributed by atoms with E-state index < -0.39 is 0 Å². The molecule has 0 spiro atoms. The molecular weight excluding hydrogens is 220 g/mol. The summed E-state index contributed by atoms with van der Waals surface area (Å²) < 4.78 is 0. The third-order valence-corrected chi connectivity index (χ3v) is 2.37. The summed E-state index contributed by atoms with van der Waals surface area (Å²) in [4.78, 5) is 26.6. The molecule has 0 bridgehead atoms. The Balaban J connectivity index is 2.29. The van der Waals surface area contributed by atoms with Gasteiger partial charge in [0, 0.05) is 38.8 Å². The number of piperazine rings is 1. The number of hydrogen-bond donors (Lipinski definition) is 2. The van der Waals surface area contributed by atoms with Crippen molar-refractivity contribution < 1.29 is 9.59 Å². The van der Waals surface area contributed by atoms with E-state index in [4.69, 9.17) is 0 Å². The molecule has 96 valence electrons. The fraction of sp³-hybridized carbons (Fsp3) is 0.636. The van der Waals surface area contributed by atoms with Gasteiger partial charge in [-0.1, -0.05) is 6.08 Å². The van der Waals surface area contributed by atoms with Crippen LogP contribution in [0.3, 0.4) is 0 Å². The Morgan fingerprint density at radius 3 is 2.59 bits per heavy atom. The largest absolute Gasteiger partial charge is 0.324 e. The number of nitrogens with one attached hydrogen (secondary N) is 2. The van der Waals surface area contributed by atoms with Gasteiger partial charge in [0.05, 0.1) is 0 Å².